The van der Waals surface area contributed by atoms with E-state index in [9.17, 15) is 0 Å². The van der Waals surface area contributed by atoms with Crippen molar-refractivity contribution in [3.05, 3.63) is 10.0 Å². The van der Waals surface area contributed by atoms with Gasteiger partial charge in [-0.3, -0.25) is 0 Å². The summed E-state index contributed by atoms with van der Waals surface area (Å²) in [5, 5.41) is 10.0. The van der Waals surface area contributed by atoms with Gasteiger partial charge < -0.3 is 10.6 Å². The molecule has 1 saturated heterocycles. The number of aromatic nitrogens is 1. The van der Waals surface area contributed by atoms with Gasteiger partial charge in [-0.25, -0.2) is 4.98 Å². The van der Waals surface area contributed by atoms with E-state index >= 15 is 0 Å². The lowest BCUT2D eigenvalue weighted by Crippen LogP contribution is -2.49. The number of thiazole rings is 1. The van der Waals surface area contributed by atoms with Crippen LogP contribution in [-0.4, -0.2) is 23.6 Å². The Kier molecular flexibility index (Phi) is 3.87. The Hall–Kier alpha value is -0.830. The third kappa shape index (κ3) is 2.54. The molecule has 0 amide bonds. The molecule has 1 aromatic heterocycles. The summed E-state index contributed by atoms with van der Waals surface area (Å²) < 4.78 is 0. The lowest BCUT2D eigenvalue weighted by Gasteiger charge is -2.37. The van der Waals surface area contributed by atoms with Crippen molar-refractivity contribution in [2.45, 2.75) is 38.3 Å². The Morgan fingerprint density at radius 1 is 1.65 bits per heavy atom. The number of nitriles is 1. The van der Waals surface area contributed by atoms with E-state index in [1.165, 1.54) is 17.8 Å². The molecule has 0 spiro atoms. The van der Waals surface area contributed by atoms with E-state index < -0.39 is 0 Å². The molecule has 0 saturated carbocycles. The van der Waals surface area contributed by atoms with Crippen LogP contribution >= 0.6 is 22.9 Å². The van der Waals surface area contributed by atoms with Crippen molar-refractivity contribution in [3.63, 3.8) is 0 Å². The molecule has 0 radical (unpaired) electrons. The van der Waals surface area contributed by atoms with Crippen LogP contribution in [0.4, 0.5) is 5.13 Å². The number of piperidine rings is 1. The SMILES string of the molecule is CC(N)C1CCCCN1c1nc(Cl)c(C#N)s1. The van der Waals surface area contributed by atoms with Crippen LogP contribution < -0.4 is 10.6 Å². The van der Waals surface area contributed by atoms with Crippen LogP contribution in [0.1, 0.15) is 31.1 Å². The van der Waals surface area contributed by atoms with Crippen LogP contribution in [-0.2, 0) is 0 Å². The first-order valence-electron chi connectivity index (χ1n) is 5.72. The Labute approximate surface area is 110 Å². The fraction of sp³-hybridized carbons (Fsp3) is 0.636. The van der Waals surface area contributed by atoms with Crippen LogP contribution in [0.25, 0.3) is 0 Å². The third-order valence-corrected chi connectivity index (χ3v) is 4.46. The third-order valence-electron chi connectivity index (χ3n) is 3.08. The predicted molar refractivity (Wildman–Crippen MR) is 70.5 cm³/mol. The fourth-order valence-electron chi connectivity index (χ4n) is 2.22. The molecule has 0 aliphatic carbocycles. The van der Waals surface area contributed by atoms with E-state index in [0.29, 0.717) is 16.1 Å². The predicted octanol–water partition coefficient (Wildman–Crippen LogP) is 2.37. The summed E-state index contributed by atoms with van der Waals surface area (Å²) in [6.07, 6.45) is 3.42. The molecule has 0 aromatic carbocycles. The average molecular weight is 271 g/mol. The second kappa shape index (κ2) is 5.21. The Morgan fingerprint density at radius 3 is 3.00 bits per heavy atom. The summed E-state index contributed by atoms with van der Waals surface area (Å²) in [7, 11) is 0. The molecule has 2 N–H and O–H groups in total. The van der Waals surface area contributed by atoms with Gasteiger partial charge >= 0.3 is 0 Å². The number of halogens is 1. The van der Waals surface area contributed by atoms with Crippen molar-refractivity contribution < 1.29 is 0 Å². The highest BCUT2D eigenvalue weighted by Gasteiger charge is 2.28. The smallest absolute Gasteiger partial charge is 0.188 e. The van der Waals surface area contributed by atoms with Crippen molar-refractivity contribution in [2.24, 2.45) is 5.73 Å². The van der Waals surface area contributed by atoms with Gasteiger partial charge in [-0.15, -0.1) is 0 Å². The van der Waals surface area contributed by atoms with Gasteiger partial charge in [0.1, 0.15) is 10.9 Å². The number of rotatable bonds is 2. The van der Waals surface area contributed by atoms with Crippen LogP contribution in [0.15, 0.2) is 0 Å². The first kappa shape index (κ1) is 12.6. The van der Waals surface area contributed by atoms with Gasteiger partial charge in [0.25, 0.3) is 0 Å². The number of hydrogen-bond donors (Lipinski definition) is 1. The van der Waals surface area contributed by atoms with E-state index in [1.807, 2.05) is 6.92 Å². The topological polar surface area (TPSA) is 65.9 Å². The van der Waals surface area contributed by atoms with Gasteiger partial charge in [-0.1, -0.05) is 22.9 Å². The molecule has 2 rings (SSSR count). The van der Waals surface area contributed by atoms with Gasteiger partial charge in [0.15, 0.2) is 10.3 Å². The Balaban J connectivity index is 2.27. The maximum atomic E-state index is 8.90. The molecule has 2 heterocycles. The zero-order valence-corrected chi connectivity index (χ0v) is 11.3. The highest BCUT2D eigenvalue weighted by atomic mass is 35.5. The van der Waals surface area contributed by atoms with Gasteiger partial charge in [0.2, 0.25) is 0 Å². The zero-order valence-electron chi connectivity index (χ0n) is 9.69. The van der Waals surface area contributed by atoms with Crippen molar-refractivity contribution in [2.75, 3.05) is 11.4 Å². The molecule has 6 heteroatoms. The first-order chi connectivity index (χ1) is 8.13. The summed E-state index contributed by atoms with van der Waals surface area (Å²) in [5.74, 6) is 0. The molecule has 1 aliphatic rings. The van der Waals surface area contributed by atoms with Crippen LogP contribution in [0.3, 0.4) is 0 Å². The highest BCUT2D eigenvalue weighted by Crippen LogP contribution is 2.33. The van der Waals surface area contributed by atoms with Crippen molar-refractivity contribution in [1.82, 2.24) is 4.98 Å². The molecule has 92 valence electrons. The first-order valence-corrected chi connectivity index (χ1v) is 6.91. The van der Waals surface area contributed by atoms with Gasteiger partial charge in [-0.2, -0.15) is 5.26 Å². The molecule has 1 aromatic rings. The molecule has 2 atom stereocenters. The average Bonchev–Trinajstić information content (AvgIpc) is 2.70. The Morgan fingerprint density at radius 2 is 2.41 bits per heavy atom. The fourth-order valence-corrected chi connectivity index (χ4v) is 3.35. The summed E-state index contributed by atoms with van der Waals surface area (Å²) in [4.78, 5) is 6.95. The van der Waals surface area contributed by atoms with E-state index in [1.54, 1.807) is 0 Å². The van der Waals surface area contributed by atoms with Crippen molar-refractivity contribution >= 4 is 28.1 Å². The van der Waals surface area contributed by atoms with Crippen LogP contribution in [0.2, 0.25) is 5.15 Å². The maximum absolute atomic E-state index is 8.90. The molecular formula is C11H15ClN4S. The molecule has 4 nitrogen and oxygen atoms in total. The summed E-state index contributed by atoms with van der Waals surface area (Å²) in [6, 6.07) is 2.47. The van der Waals surface area contributed by atoms with Gasteiger partial charge in [0, 0.05) is 18.6 Å². The Bertz CT molecular complexity index is 437. The number of nitrogens with two attached hydrogens (primary N) is 1. The second-order valence-electron chi connectivity index (χ2n) is 4.34. The molecule has 0 bridgehead atoms. The number of anilines is 1. The summed E-state index contributed by atoms with van der Waals surface area (Å²) >= 11 is 7.26. The molecule has 1 fully saturated rings. The van der Waals surface area contributed by atoms with Crippen LogP contribution in [0, 0.1) is 11.3 Å². The number of nitrogens with zero attached hydrogens (tertiary/aromatic N) is 3. The van der Waals surface area contributed by atoms with E-state index in [-0.39, 0.29) is 6.04 Å². The van der Waals surface area contributed by atoms with Gasteiger partial charge in [0.05, 0.1) is 0 Å². The minimum atomic E-state index is 0.100. The summed E-state index contributed by atoms with van der Waals surface area (Å²) in [6.45, 7) is 2.96. The normalized spacial score (nSPS) is 22.2. The maximum Gasteiger partial charge on any atom is 0.188 e. The lowest BCUT2D eigenvalue weighted by molar-refractivity contribution is 0.413. The van der Waals surface area contributed by atoms with E-state index in [4.69, 9.17) is 22.6 Å². The van der Waals surface area contributed by atoms with E-state index in [2.05, 4.69) is 16.0 Å². The van der Waals surface area contributed by atoms with Crippen molar-refractivity contribution in [1.29, 1.82) is 5.26 Å². The van der Waals surface area contributed by atoms with Crippen molar-refractivity contribution in [3.8, 4) is 6.07 Å². The summed E-state index contributed by atoms with van der Waals surface area (Å²) in [5.41, 5.74) is 6.01. The molecule has 2 unspecified atom stereocenters. The minimum Gasteiger partial charge on any atom is -0.343 e. The quantitative estimate of drug-likeness (QED) is 0.896. The standard InChI is InChI=1S/C11H15ClN4S/c1-7(14)8-4-2-3-5-16(8)11-15-10(12)9(6-13)17-11/h7-8H,2-5,14H2,1H3. The van der Waals surface area contributed by atoms with E-state index in [0.717, 1.165) is 24.5 Å². The lowest BCUT2D eigenvalue weighted by atomic mass is 9.98. The molecule has 1 aliphatic heterocycles. The molecular weight excluding hydrogens is 256 g/mol. The van der Waals surface area contributed by atoms with Crippen LogP contribution in [0.5, 0.6) is 0 Å². The zero-order chi connectivity index (χ0) is 12.4. The van der Waals surface area contributed by atoms with Gasteiger partial charge in [-0.05, 0) is 26.2 Å². The second-order valence-corrected chi connectivity index (χ2v) is 5.68. The minimum absolute atomic E-state index is 0.100. The highest BCUT2D eigenvalue weighted by molar-refractivity contribution is 7.16. The largest absolute Gasteiger partial charge is 0.343 e. The monoisotopic (exact) mass is 270 g/mol. The molecule has 17 heavy (non-hydrogen) atoms. The number of hydrogen-bond acceptors (Lipinski definition) is 5.